The van der Waals surface area contributed by atoms with Gasteiger partial charge in [0.05, 0.1) is 0 Å². The molecule has 5 aliphatic carbocycles. The molecule has 0 saturated heterocycles. The fraction of sp³-hybridized carbons (Fsp3) is 0.920. The van der Waals surface area contributed by atoms with Crippen LogP contribution in [0, 0.1) is 53.3 Å². The average molecular weight is 341 g/mol. The summed E-state index contributed by atoms with van der Waals surface area (Å²) in [4.78, 5) is 0. The molecule has 140 valence electrons. The molecule has 0 aromatic heterocycles. The van der Waals surface area contributed by atoms with Crippen molar-refractivity contribution in [2.24, 2.45) is 53.3 Å². The maximum Gasteiger partial charge on any atom is -0.0169 e. The zero-order chi connectivity index (χ0) is 17.0. The zero-order valence-electron chi connectivity index (χ0n) is 16.8. The standard InChI is InChI=1S/C25H40/c1-16(2)18-8-5-9-20-21(18)12-14-25-23-11-10-17-6-3-4-7-19(17)22(23)13-15-24(20)25/h13,16-21,23-25H,3-12,14-15H2,1-2H3. The molecule has 4 saturated carbocycles. The van der Waals surface area contributed by atoms with Gasteiger partial charge in [0.15, 0.2) is 0 Å². The van der Waals surface area contributed by atoms with Gasteiger partial charge in [-0.3, -0.25) is 0 Å². The van der Waals surface area contributed by atoms with E-state index < -0.39 is 0 Å². The van der Waals surface area contributed by atoms with E-state index in [2.05, 4.69) is 19.9 Å². The highest BCUT2D eigenvalue weighted by Crippen LogP contribution is 2.59. The molecule has 0 aromatic rings. The summed E-state index contributed by atoms with van der Waals surface area (Å²) in [6.45, 7) is 5.00. The Bertz CT molecular complexity index is 514. The highest BCUT2D eigenvalue weighted by Gasteiger charge is 2.50. The van der Waals surface area contributed by atoms with E-state index in [0.29, 0.717) is 0 Å². The molecule has 0 aromatic carbocycles. The first-order chi connectivity index (χ1) is 12.2. The minimum atomic E-state index is 0.914. The number of fused-ring (bicyclic) bond motifs is 7. The molecular weight excluding hydrogens is 300 g/mol. The first-order valence-corrected chi connectivity index (χ1v) is 11.9. The molecule has 0 radical (unpaired) electrons. The number of rotatable bonds is 1. The Morgan fingerprint density at radius 2 is 1.52 bits per heavy atom. The van der Waals surface area contributed by atoms with Crippen molar-refractivity contribution in [1.82, 2.24) is 0 Å². The second-order valence-electron chi connectivity index (χ2n) is 10.8. The molecule has 5 rings (SSSR count). The van der Waals surface area contributed by atoms with Crippen LogP contribution in [0.3, 0.4) is 0 Å². The quantitative estimate of drug-likeness (QED) is 0.441. The van der Waals surface area contributed by atoms with Crippen molar-refractivity contribution in [3.05, 3.63) is 11.6 Å². The lowest BCUT2D eigenvalue weighted by molar-refractivity contribution is -0.0260. The Morgan fingerprint density at radius 1 is 0.680 bits per heavy atom. The van der Waals surface area contributed by atoms with Gasteiger partial charge in [0.2, 0.25) is 0 Å². The molecule has 0 nitrogen and oxygen atoms in total. The molecule has 8 atom stereocenters. The van der Waals surface area contributed by atoms with E-state index in [9.17, 15) is 0 Å². The maximum absolute atomic E-state index is 2.83. The molecule has 0 N–H and O–H groups in total. The molecule has 0 amide bonds. The zero-order valence-corrected chi connectivity index (χ0v) is 16.8. The smallest absolute Gasteiger partial charge is 0.0169 e. The van der Waals surface area contributed by atoms with Crippen LogP contribution in [0.5, 0.6) is 0 Å². The van der Waals surface area contributed by atoms with E-state index >= 15 is 0 Å². The highest BCUT2D eigenvalue weighted by molar-refractivity contribution is 5.22. The van der Waals surface area contributed by atoms with Crippen LogP contribution in [-0.2, 0) is 0 Å². The maximum atomic E-state index is 2.83. The van der Waals surface area contributed by atoms with Crippen molar-refractivity contribution >= 4 is 0 Å². The number of hydrogen-bond donors (Lipinski definition) is 0. The minimum absolute atomic E-state index is 0.914. The van der Waals surface area contributed by atoms with Crippen LogP contribution in [0.25, 0.3) is 0 Å². The molecule has 0 bridgehead atoms. The second-order valence-corrected chi connectivity index (χ2v) is 10.8. The fourth-order valence-electron chi connectivity index (χ4n) is 8.75. The van der Waals surface area contributed by atoms with Crippen LogP contribution in [0.15, 0.2) is 11.6 Å². The largest absolute Gasteiger partial charge is 0.0845 e. The highest BCUT2D eigenvalue weighted by atomic mass is 14.5. The summed E-state index contributed by atoms with van der Waals surface area (Å²) in [6.07, 6.45) is 21.3. The van der Waals surface area contributed by atoms with E-state index in [-0.39, 0.29) is 0 Å². The van der Waals surface area contributed by atoms with Gasteiger partial charge in [-0.25, -0.2) is 0 Å². The van der Waals surface area contributed by atoms with Crippen molar-refractivity contribution < 1.29 is 0 Å². The Labute approximate surface area is 156 Å². The topological polar surface area (TPSA) is 0 Å². The molecule has 8 unspecified atom stereocenters. The lowest BCUT2D eigenvalue weighted by Gasteiger charge is -2.56. The van der Waals surface area contributed by atoms with Crippen LogP contribution in [0.4, 0.5) is 0 Å². The molecule has 0 aliphatic heterocycles. The molecule has 5 aliphatic rings. The third kappa shape index (κ3) is 2.76. The van der Waals surface area contributed by atoms with Gasteiger partial charge in [-0.05, 0) is 111 Å². The minimum Gasteiger partial charge on any atom is -0.0845 e. The van der Waals surface area contributed by atoms with Crippen molar-refractivity contribution in [3.63, 3.8) is 0 Å². The molecule has 0 spiro atoms. The number of allylic oxidation sites excluding steroid dienone is 2. The van der Waals surface area contributed by atoms with Gasteiger partial charge in [0, 0.05) is 0 Å². The molecule has 0 heterocycles. The Kier molecular flexibility index (Phi) is 4.54. The molecule has 4 fully saturated rings. The van der Waals surface area contributed by atoms with E-state index in [4.69, 9.17) is 0 Å². The van der Waals surface area contributed by atoms with Crippen LogP contribution in [0.2, 0.25) is 0 Å². The Hall–Kier alpha value is -0.260. The lowest BCUT2D eigenvalue weighted by Crippen LogP contribution is -2.47. The van der Waals surface area contributed by atoms with Crippen LogP contribution >= 0.6 is 0 Å². The SMILES string of the molecule is CC(C)C1CCCC2C1CCC1C3CCC4CCCCC4C3=CCC12. The summed E-state index contributed by atoms with van der Waals surface area (Å²) in [5.41, 5.74) is 1.99. The summed E-state index contributed by atoms with van der Waals surface area (Å²) in [6, 6.07) is 0. The van der Waals surface area contributed by atoms with Crippen molar-refractivity contribution in [2.75, 3.05) is 0 Å². The molecule has 25 heavy (non-hydrogen) atoms. The van der Waals surface area contributed by atoms with Gasteiger partial charge >= 0.3 is 0 Å². The van der Waals surface area contributed by atoms with Gasteiger partial charge in [0.1, 0.15) is 0 Å². The van der Waals surface area contributed by atoms with Crippen molar-refractivity contribution in [1.29, 1.82) is 0 Å². The first-order valence-electron chi connectivity index (χ1n) is 11.9. The monoisotopic (exact) mass is 340 g/mol. The van der Waals surface area contributed by atoms with Crippen molar-refractivity contribution in [2.45, 2.75) is 90.9 Å². The van der Waals surface area contributed by atoms with Crippen LogP contribution in [0.1, 0.15) is 90.9 Å². The van der Waals surface area contributed by atoms with E-state index in [1.54, 1.807) is 38.5 Å². The number of hydrogen-bond acceptors (Lipinski definition) is 0. The normalized spacial score (nSPS) is 49.5. The van der Waals surface area contributed by atoms with E-state index in [1.807, 2.05) is 5.57 Å². The van der Waals surface area contributed by atoms with Gasteiger partial charge in [0.25, 0.3) is 0 Å². The van der Waals surface area contributed by atoms with Gasteiger partial charge in [-0.2, -0.15) is 0 Å². The summed E-state index contributed by atoms with van der Waals surface area (Å²) in [7, 11) is 0. The lowest BCUT2D eigenvalue weighted by atomic mass is 9.49. The van der Waals surface area contributed by atoms with Gasteiger partial charge in [-0.1, -0.05) is 44.8 Å². The summed E-state index contributed by atoms with van der Waals surface area (Å²) in [5.74, 6) is 9.36. The van der Waals surface area contributed by atoms with Crippen LogP contribution < -0.4 is 0 Å². The third-order valence-corrected chi connectivity index (χ3v) is 9.72. The molecular formula is C25H40. The average Bonchev–Trinajstić information content (AvgIpc) is 2.66. The Morgan fingerprint density at radius 3 is 2.40 bits per heavy atom. The summed E-state index contributed by atoms with van der Waals surface area (Å²) >= 11 is 0. The van der Waals surface area contributed by atoms with E-state index in [1.165, 1.54) is 38.5 Å². The van der Waals surface area contributed by atoms with E-state index in [0.717, 1.165) is 53.3 Å². The predicted molar refractivity (Wildman–Crippen MR) is 106 cm³/mol. The van der Waals surface area contributed by atoms with Gasteiger partial charge in [-0.15, -0.1) is 0 Å². The predicted octanol–water partition coefficient (Wildman–Crippen LogP) is 7.25. The Balaban J connectivity index is 1.39. The molecule has 0 heteroatoms. The third-order valence-electron chi connectivity index (χ3n) is 9.72. The van der Waals surface area contributed by atoms with Crippen LogP contribution in [-0.4, -0.2) is 0 Å². The summed E-state index contributed by atoms with van der Waals surface area (Å²) < 4.78 is 0. The van der Waals surface area contributed by atoms with Crippen molar-refractivity contribution in [3.8, 4) is 0 Å². The fourth-order valence-corrected chi connectivity index (χ4v) is 8.75. The first kappa shape index (κ1) is 16.9. The summed E-state index contributed by atoms with van der Waals surface area (Å²) in [5, 5.41) is 0. The van der Waals surface area contributed by atoms with Gasteiger partial charge < -0.3 is 0 Å². The second kappa shape index (κ2) is 6.72.